The van der Waals surface area contributed by atoms with E-state index in [2.05, 4.69) is 15.9 Å². The highest BCUT2D eigenvalue weighted by atomic mass is 79.9. The number of hydrogen-bond acceptors (Lipinski definition) is 2. The molecule has 0 radical (unpaired) electrons. The van der Waals surface area contributed by atoms with Crippen LogP contribution in [0.2, 0.25) is 5.02 Å². The number of ketones is 1. The first-order chi connectivity index (χ1) is 9.52. The first-order valence-corrected chi connectivity index (χ1v) is 7.30. The maximum absolute atomic E-state index is 12.3. The quantitative estimate of drug-likeness (QED) is 0.735. The van der Waals surface area contributed by atoms with Crippen molar-refractivity contribution in [3.05, 3.63) is 62.6 Å². The molecule has 104 valence electrons. The number of hydrogen-bond donors (Lipinski definition) is 0. The Balaban J connectivity index is 2.24. The second kappa shape index (κ2) is 6.42. The fraction of sp³-hybridized carbons (Fsp3) is 0.188. The Hall–Kier alpha value is -1.32. The molecule has 0 aromatic heterocycles. The van der Waals surface area contributed by atoms with Crippen LogP contribution < -0.4 is 4.74 Å². The van der Waals surface area contributed by atoms with E-state index in [0.29, 0.717) is 17.0 Å². The van der Waals surface area contributed by atoms with Crippen LogP contribution >= 0.6 is 27.5 Å². The molecule has 0 aliphatic rings. The molecule has 2 rings (SSSR count). The Morgan fingerprint density at radius 1 is 1.30 bits per heavy atom. The van der Waals surface area contributed by atoms with Gasteiger partial charge < -0.3 is 4.74 Å². The summed E-state index contributed by atoms with van der Waals surface area (Å²) in [7, 11) is 1.61. The lowest BCUT2D eigenvalue weighted by Gasteiger charge is -2.08. The Morgan fingerprint density at radius 3 is 2.70 bits per heavy atom. The highest BCUT2D eigenvalue weighted by Crippen LogP contribution is 2.27. The summed E-state index contributed by atoms with van der Waals surface area (Å²) in [5.74, 6) is 0.755. The lowest BCUT2D eigenvalue weighted by Crippen LogP contribution is -2.05. The second-order valence-corrected chi connectivity index (χ2v) is 5.74. The van der Waals surface area contributed by atoms with Gasteiger partial charge in [0.15, 0.2) is 5.78 Å². The first-order valence-electron chi connectivity index (χ1n) is 6.13. The van der Waals surface area contributed by atoms with E-state index < -0.39 is 0 Å². The topological polar surface area (TPSA) is 26.3 Å². The van der Waals surface area contributed by atoms with E-state index in [1.165, 1.54) is 0 Å². The van der Waals surface area contributed by atoms with Crippen LogP contribution in [0.5, 0.6) is 5.75 Å². The van der Waals surface area contributed by atoms with Gasteiger partial charge in [-0.1, -0.05) is 29.8 Å². The van der Waals surface area contributed by atoms with Gasteiger partial charge in [-0.2, -0.15) is 0 Å². The molecule has 4 heteroatoms. The molecule has 2 nitrogen and oxygen atoms in total. The summed E-state index contributed by atoms with van der Waals surface area (Å²) in [4.78, 5) is 12.3. The van der Waals surface area contributed by atoms with E-state index in [4.69, 9.17) is 16.3 Å². The third-order valence-corrected chi connectivity index (χ3v) is 4.19. The molecular weight excluding hydrogens is 340 g/mol. The molecule has 0 unspecified atom stereocenters. The van der Waals surface area contributed by atoms with Crippen LogP contribution in [-0.2, 0) is 6.42 Å². The summed E-state index contributed by atoms with van der Waals surface area (Å²) in [5, 5.41) is 0.532. The van der Waals surface area contributed by atoms with Gasteiger partial charge in [-0.15, -0.1) is 0 Å². The summed E-state index contributed by atoms with van der Waals surface area (Å²) in [6.07, 6.45) is 0.311. The lowest BCUT2D eigenvalue weighted by atomic mass is 10.0. The fourth-order valence-corrected chi connectivity index (χ4v) is 2.78. The number of methoxy groups -OCH3 is 1. The third-order valence-electron chi connectivity index (χ3n) is 3.07. The van der Waals surface area contributed by atoms with Gasteiger partial charge >= 0.3 is 0 Å². The van der Waals surface area contributed by atoms with Crippen LogP contribution in [-0.4, -0.2) is 12.9 Å². The fourth-order valence-electron chi connectivity index (χ4n) is 1.96. The molecule has 20 heavy (non-hydrogen) atoms. The van der Waals surface area contributed by atoms with Crippen LogP contribution in [0.3, 0.4) is 0 Å². The molecule has 0 atom stereocenters. The predicted molar refractivity (Wildman–Crippen MR) is 84.9 cm³/mol. The van der Waals surface area contributed by atoms with Crippen LogP contribution in [0.15, 0.2) is 40.9 Å². The van der Waals surface area contributed by atoms with Crippen molar-refractivity contribution in [3.63, 3.8) is 0 Å². The van der Waals surface area contributed by atoms with Gasteiger partial charge in [-0.05, 0) is 52.2 Å². The molecule has 0 saturated heterocycles. The molecular formula is C16H14BrClO2. The molecule has 0 heterocycles. The number of Topliss-reactive ketones (excluding diaryl/α,β-unsaturated/α-hetero) is 1. The minimum Gasteiger partial charge on any atom is -0.496 e. The maximum atomic E-state index is 12.3. The van der Waals surface area contributed by atoms with Gasteiger partial charge in [0.05, 0.1) is 16.6 Å². The Morgan fingerprint density at radius 2 is 2.05 bits per heavy atom. The third kappa shape index (κ3) is 3.22. The monoisotopic (exact) mass is 352 g/mol. The molecule has 0 aliphatic carbocycles. The highest BCUT2D eigenvalue weighted by molar-refractivity contribution is 9.10. The number of aryl methyl sites for hydroxylation is 1. The minimum absolute atomic E-state index is 0.00997. The normalized spacial score (nSPS) is 10.4. The highest BCUT2D eigenvalue weighted by Gasteiger charge is 2.13. The van der Waals surface area contributed by atoms with Crippen molar-refractivity contribution in [1.82, 2.24) is 0 Å². The number of benzene rings is 2. The van der Waals surface area contributed by atoms with Gasteiger partial charge in [0.2, 0.25) is 0 Å². The number of halogens is 2. The maximum Gasteiger partial charge on any atom is 0.168 e. The average molecular weight is 354 g/mol. The van der Waals surface area contributed by atoms with Gasteiger partial charge in [-0.25, -0.2) is 0 Å². The Labute approximate surface area is 131 Å². The molecule has 0 N–H and O–H groups in total. The Bertz CT molecular complexity index is 653. The lowest BCUT2D eigenvalue weighted by molar-refractivity contribution is 0.0993. The van der Waals surface area contributed by atoms with Gasteiger partial charge in [0, 0.05) is 12.0 Å². The van der Waals surface area contributed by atoms with Crippen LogP contribution in [0.4, 0.5) is 0 Å². The van der Waals surface area contributed by atoms with Crippen LogP contribution in [0.1, 0.15) is 21.5 Å². The summed E-state index contributed by atoms with van der Waals surface area (Å²) < 4.78 is 6.01. The SMILES string of the molecule is COc1ccc(CC(=O)c2cccc(C)c2Cl)cc1Br. The van der Waals surface area contributed by atoms with Crippen molar-refractivity contribution in [1.29, 1.82) is 0 Å². The van der Waals surface area contributed by atoms with Gasteiger partial charge in [-0.3, -0.25) is 4.79 Å². The first kappa shape index (κ1) is 15.1. The van der Waals surface area contributed by atoms with E-state index in [1.54, 1.807) is 13.2 Å². The van der Waals surface area contributed by atoms with Crippen molar-refractivity contribution in [2.45, 2.75) is 13.3 Å². The smallest absolute Gasteiger partial charge is 0.168 e. The number of carbonyl (C=O) groups excluding carboxylic acids is 1. The summed E-state index contributed by atoms with van der Waals surface area (Å²) in [5.41, 5.74) is 2.40. The summed E-state index contributed by atoms with van der Waals surface area (Å²) in [6, 6.07) is 11.1. The van der Waals surface area contributed by atoms with Crippen LogP contribution in [0, 0.1) is 6.92 Å². The minimum atomic E-state index is 0.00997. The zero-order valence-corrected chi connectivity index (χ0v) is 13.6. The molecule has 2 aromatic carbocycles. The van der Waals surface area contributed by atoms with E-state index in [1.807, 2.05) is 37.3 Å². The zero-order valence-electron chi connectivity index (χ0n) is 11.2. The van der Waals surface area contributed by atoms with E-state index in [-0.39, 0.29) is 5.78 Å². The van der Waals surface area contributed by atoms with E-state index in [9.17, 15) is 4.79 Å². The number of carbonyl (C=O) groups is 1. The van der Waals surface area contributed by atoms with Gasteiger partial charge in [0.1, 0.15) is 5.75 Å². The molecule has 0 spiro atoms. The number of ether oxygens (including phenoxy) is 1. The van der Waals surface area contributed by atoms with Crippen molar-refractivity contribution in [2.75, 3.05) is 7.11 Å². The summed E-state index contributed by atoms with van der Waals surface area (Å²) in [6.45, 7) is 1.89. The van der Waals surface area contributed by atoms with Crippen molar-refractivity contribution in [3.8, 4) is 5.75 Å². The summed E-state index contributed by atoms with van der Waals surface area (Å²) >= 11 is 9.60. The van der Waals surface area contributed by atoms with Crippen molar-refractivity contribution in [2.24, 2.45) is 0 Å². The van der Waals surface area contributed by atoms with Crippen molar-refractivity contribution >= 4 is 33.3 Å². The second-order valence-electron chi connectivity index (χ2n) is 4.51. The Kier molecular flexibility index (Phi) is 4.84. The van der Waals surface area contributed by atoms with Gasteiger partial charge in [0.25, 0.3) is 0 Å². The van der Waals surface area contributed by atoms with Crippen molar-refractivity contribution < 1.29 is 9.53 Å². The molecule has 0 amide bonds. The standard InChI is InChI=1S/C16H14BrClO2/c1-10-4-3-5-12(16(10)18)14(19)9-11-6-7-15(20-2)13(17)8-11/h3-8H,9H2,1-2H3. The van der Waals surface area contributed by atoms with E-state index in [0.717, 1.165) is 21.3 Å². The van der Waals surface area contributed by atoms with E-state index >= 15 is 0 Å². The average Bonchev–Trinajstić information content (AvgIpc) is 2.42. The predicted octanol–water partition coefficient (Wildman–Crippen LogP) is 4.84. The number of rotatable bonds is 4. The zero-order chi connectivity index (χ0) is 14.7. The molecule has 0 bridgehead atoms. The molecule has 2 aromatic rings. The molecule has 0 fully saturated rings. The largest absolute Gasteiger partial charge is 0.496 e. The molecule has 0 saturated carbocycles. The van der Waals surface area contributed by atoms with Crippen LogP contribution in [0.25, 0.3) is 0 Å². The molecule has 0 aliphatic heterocycles.